The zero-order valence-electron chi connectivity index (χ0n) is 14.4. The molecule has 2 aromatic heterocycles. The molecule has 132 valence electrons. The minimum absolute atomic E-state index is 0.175. The van der Waals surface area contributed by atoms with Gasteiger partial charge in [0.25, 0.3) is 0 Å². The number of nitrogens with zero attached hydrogens (tertiary/aromatic N) is 5. The van der Waals surface area contributed by atoms with Crippen LogP contribution in [0.25, 0.3) is 16.9 Å². The first-order valence-electron chi connectivity index (χ1n) is 8.79. The minimum Gasteiger partial charge on any atom is -0.507 e. The number of hydrogen-bond donors (Lipinski definition) is 2. The number of aromatic hydroxyl groups is 1. The minimum atomic E-state index is 0.175. The Morgan fingerprint density at radius 3 is 2.69 bits per heavy atom. The lowest BCUT2D eigenvalue weighted by molar-refractivity contribution is 0.477. The molecule has 3 heterocycles. The Morgan fingerprint density at radius 1 is 1.19 bits per heavy atom. The van der Waals surface area contributed by atoms with Gasteiger partial charge < -0.3 is 19.9 Å². The van der Waals surface area contributed by atoms with Gasteiger partial charge in [0, 0.05) is 50.2 Å². The number of rotatable bonds is 4. The van der Waals surface area contributed by atoms with Crippen LogP contribution >= 0.6 is 0 Å². The summed E-state index contributed by atoms with van der Waals surface area (Å²) in [5.41, 5.74) is 2.18. The third-order valence-electron chi connectivity index (χ3n) is 5.55. The predicted molar refractivity (Wildman–Crippen MR) is 98.3 cm³/mol. The molecule has 3 atom stereocenters. The van der Waals surface area contributed by atoms with Gasteiger partial charge in [0.2, 0.25) is 0 Å². The number of nitrogens with one attached hydrogen (secondary N) is 1. The van der Waals surface area contributed by atoms with Crippen molar-refractivity contribution >= 4 is 5.82 Å². The highest BCUT2D eigenvalue weighted by Gasteiger charge is 2.55. The van der Waals surface area contributed by atoms with Gasteiger partial charge in [-0.05, 0) is 24.0 Å². The van der Waals surface area contributed by atoms with Crippen LogP contribution in [-0.4, -0.2) is 50.8 Å². The molecule has 26 heavy (non-hydrogen) atoms. The molecule has 2 aliphatic rings. The van der Waals surface area contributed by atoms with Crippen LogP contribution in [0.5, 0.6) is 5.75 Å². The Hall–Kier alpha value is -2.93. The molecule has 3 aromatic rings. The van der Waals surface area contributed by atoms with E-state index in [0.717, 1.165) is 36.4 Å². The van der Waals surface area contributed by atoms with E-state index in [4.69, 9.17) is 0 Å². The molecule has 0 spiro atoms. The molecular formula is C19H20N6O. The lowest BCUT2D eigenvalue weighted by Gasteiger charge is -2.20. The van der Waals surface area contributed by atoms with Gasteiger partial charge in [0.05, 0.1) is 30.1 Å². The summed E-state index contributed by atoms with van der Waals surface area (Å²) in [6, 6.07) is 6.06. The Labute approximate surface area is 151 Å². The van der Waals surface area contributed by atoms with E-state index < -0.39 is 0 Å². The Kier molecular flexibility index (Phi) is 3.43. The van der Waals surface area contributed by atoms with Gasteiger partial charge in [0.1, 0.15) is 11.6 Å². The van der Waals surface area contributed by atoms with Crippen molar-refractivity contribution in [3.05, 3.63) is 49.3 Å². The van der Waals surface area contributed by atoms with Gasteiger partial charge in [-0.15, -0.1) is 0 Å². The highest BCUT2D eigenvalue weighted by atomic mass is 16.3. The fourth-order valence-electron chi connectivity index (χ4n) is 4.06. The normalized spacial score (nSPS) is 23.7. The zero-order valence-corrected chi connectivity index (χ0v) is 14.4. The Bertz CT molecular complexity index is 914. The van der Waals surface area contributed by atoms with Crippen molar-refractivity contribution in [2.75, 3.05) is 25.0 Å². The van der Waals surface area contributed by atoms with Gasteiger partial charge in [-0.3, -0.25) is 4.98 Å². The highest BCUT2D eigenvalue weighted by Crippen LogP contribution is 2.46. The first-order valence-corrected chi connectivity index (χ1v) is 8.79. The molecule has 2 N–H and O–H groups in total. The number of phenols is 1. The standard InChI is InChI=1S/C19H20N6O/c1-24(19-14-7-21-8-15(14)19)18-10-22-16(9-23-18)13-3-2-12(6-17(13)26)25-5-4-20-11-25/h2-6,9-11,14-15,19,21,26H,7-8H2,1H3/t14-,15+,19+. The van der Waals surface area contributed by atoms with Crippen molar-refractivity contribution in [3.63, 3.8) is 0 Å². The lowest BCUT2D eigenvalue weighted by Crippen LogP contribution is -2.30. The number of piperidine rings is 1. The van der Waals surface area contributed by atoms with E-state index in [1.807, 2.05) is 22.9 Å². The number of fused-ring (bicyclic) bond motifs is 1. The van der Waals surface area contributed by atoms with Gasteiger partial charge >= 0.3 is 0 Å². The number of aromatic nitrogens is 4. The Balaban J connectivity index is 1.37. The van der Waals surface area contributed by atoms with Crippen LogP contribution in [0.4, 0.5) is 5.82 Å². The summed E-state index contributed by atoms with van der Waals surface area (Å²) in [6.07, 6.45) is 8.76. The van der Waals surface area contributed by atoms with Crippen molar-refractivity contribution in [2.45, 2.75) is 6.04 Å². The van der Waals surface area contributed by atoms with Crippen molar-refractivity contribution in [1.82, 2.24) is 24.8 Å². The molecule has 1 aliphatic heterocycles. The van der Waals surface area contributed by atoms with Crippen LogP contribution in [0.3, 0.4) is 0 Å². The second-order valence-corrected chi connectivity index (χ2v) is 7.02. The third kappa shape index (κ3) is 2.43. The summed E-state index contributed by atoms with van der Waals surface area (Å²) < 4.78 is 1.84. The van der Waals surface area contributed by atoms with Crippen LogP contribution in [0, 0.1) is 11.8 Å². The predicted octanol–water partition coefficient (Wildman–Crippen LogP) is 1.69. The maximum absolute atomic E-state index is 10.4. The molecule has 7 nitrogen and oxygen atoms in total. The van der Waals surface area contributed by atoms with Gasteiger partial charge in [-0.25, -0.2) is 9.97 Å². The summed E-state index contributed by atoms with van der Waals surface area (Å²) in [7, 11) is 2.09. The fourth-order valence-corrected chi connectivity index (χ4v) is 4.06. The van der Waals surface area contributed by atoms with Crippen molar-refractivity contribution in [1.29, 1.82) is 0 Å². The number of anilines is 1. The smallest absolute Gasteiger partial charge is 0.147 e. The molecule has 2 fully saturated rings. The molecule has 0 amide bonds. The zero-order chi connectivity index (χ0) is 17.7. The summed E-state index contributed by atoms with van der Waals surface area (Å²) in [5, 5.41) is 13.8. The second kappa shape index (κ2) is 5.81. The number of hydrogen-bond acceptors (Lipinski definition) is 6. The van der Waals surface area contributed by atoms with Crippen LogP contribution in [0.1, 0.15) is 0 Å². The maximum atomic E-state index is 10.4. The van der Waals surface area contributed by atoms with Crippen molar-refractivity contribution < 1.29 is 5.11 Å². The third-order valence-corrected chi connectivity index (χ3v) is 5.55. The van der Waals surface area contributed by atoms with E-state index in [2.05, 4.69) is 32.2 Å². The summed E-state index contributed by atoms with van der Waals surface area (Å²) >= 11 is 0. The monoisotopic (exact) mass is 348 g/mol. The summed E-state index contributed by atoms with van der Waals surface area (Å²) in [4.78, 5) is 15.4. The molecular weight excluding hydrogens is 328 g/mol. The van der Waals surface area contributed by atoms with Crippen LogP contribution in [-0.2, 0) is 0 Å². The highest BCUT2D eigenvalue weighted by molar-refractivity contribution is 5.68. The van der Waals surface area contributed by atoms with Crippen LogP contribution in [0.15, 0.2) is 49.3 Å². The van der Waals surface area contributed by atoms with Gasteiger partial charge in [-0.1, -0.05) is 0 Å². The molecule has 0 bridgehead atoms. The van der Waals surface area contributed by atoms with Gasteiger partial charge in [0.15, 0.2) is 0 Å². The number of benzene rings is 1. The molecule has 7 heteroatoms. The first kappa shape index (κ1) is 15.3. The number of imidazole rings is 1. The van der Waals surface area contributed by atoms with E-state index in [1.165, 1.54) is 0 Å². The molecule has 1 saturated heterocycles. The van der Waals surface area contributed by atoms with E-state index in [9.17, 15) is 5.11 Å². The molecule has 1 aliphatic carbocycles. The average molecular weight is 348 g/mol. The van der Waals surface area contributed by atoms with E-state index in [0.29, 0.717) is 17.3 Å². The van der Waals surface area contributed by atoms with Crippen molar-refractivity contribution in [3.8, 4) is 22.7 Å². The van der Waals surface area contributed by atoms with E-state index >= 15 is 0 Å². The fraction of sp³-hybridized carbons (Fsp3) is 0.316. The Morgan fingerprint density at radius 2 is 2.04 bits per heavy atom. The molecule has 1 saturated carbocycles. The van der Waals surface area contributed by atoms with Crippen LogP contribution in [0.2, 0.25) is 0 Å². The topological polar surface area (TPSA) is 79.1 Å². The SMILES string of the molecule is CN(c1cnc(-c2ccc(-n3ccnc3)cc2O)cn1)[C@H]1[C@@H]2CNC[C@@H]21. The number of phenolic OH excluding ortho intramolecular Hbond substituents is 1. The lowest BCUT2D eigenvalue weighted by atomic mass is 10.1. The quantitative estimate of drug-likeness (QED) is 0.747. The summed E-state index contributed by atoms with van der Waals surface area (Å²) in [5.74, 6) is 2.53. The van der Waals surface area contributed by atoms with E-state index in [1.54, 1.807) is 31.0 Å². The second-order valence-electron chi connectivity index (χ2n) is 7.02. The van der Waals surface area contributed by atoms with Crippen molar-refractivity contribution in [2.24, 2.45) is 11.8 Å². The summed E-state index contributed by atoms with van der Waals surface area (Å²) in [6.45, 7) is 2.20. The molecule has 5 rings (SSSR count). The largest absolute Gasteiger partial charge is 0.507 e. The molecule has 0 unspecified atom stereocenters. The van der Waals surface area contributed by atoms with E-state index in [-0.39, 0.29) is 5.75 Å². The van der Waals surface area contributed by atoms with Crippen LogP contribution < -0.4 is 10.2 Å². The average Bonchev–Trinajstić information content (AvgIpc) is 3.07. The molecule has 1 aromatic carbocycles. The first-order chi connectivity index (χ1) is 12.7. The van der Waals surface area contributed by atoms with Gasteiger partial charge in [-0.2, -0.15) is 0 Å². The molecule has 0 radical (unpaired) electrons. The maximum Gasteiger partial charge on any atom is 0.147 e.